The van der Waals surface area contributed by atoms with Crippen LogP contribution in [0.2, 0.25) is 0 Å². The molecule has 0 aliphatic carbocycles. The molecule has 0 radical (unpaired) electrons. The number of halogens is 1. The number of hydrogen-bond acceptors (Lipinski definition) is 6. The van der Waals surface area contributed by atoms with E-state index in [1.54, 1.807) is 48.7 Å². The number of benzene rings is 2. The highest BCUT2D eigenvalue weighted by Gasteiger charge is 2.20. The average molecular weight is 457 g/mol. The highest BCUT2D eigenvalue weighted by molar-refractivity contribution is 7.19. The number of pyridine rings is 1. The minimum Gasteiger partial charge on any atom is -0.436 e. The molecule has 1 N–H and O–H groups in total. The molecule has 8 heteroatoms. The van der Waals surface area contributed by atoms with E-state index in [0.717, 1.165) is 16.3 Å². The van der Waals surface area contributed by atoms with E-state index in [1.165, 1.54) is 23.6 Å². The molecule has 5 rings (SSSR count). The molecule has 1 amide bonds. The highest BCUT2D eigenvalue weighted by Crippen LogP contribution is 2.33. The Balaban J connectivity index is 1.43. The zero-order valence-corrected chi connectivity index (χ0v) is 18.3. The van der Waals surface area contributed by atoms with Gasteiger partial charge >= 0.3 is 0 Å². The SMILES string of the molecule is Cc1nc(NC(=O)c2ccccc2-c2ncc(-c3ccccc3F)o2)sc1-c1ccccn1. The summed E-state index contributed by atoms with van der Waals surface area (Å²) in [5.41, 5.74) is 2.75. The van der Waals surface area contributed by atoms with Crippen molar-refractivity contribution in [2.75, 3.05) is 5.32 Å². The monoisotopic (exact) mass is 456 g/mol. The van der Waals surface area contributed by atoms with E-state index in [0.29, 0.717) is 21.8 Å². The number of carbonyl (C=O) groups is 1. The van der Waals surface area contributed by atoms with Gasteiger partial charge in [0, 0.05) is 11.8 Å². The lowest BCUT2D eigenvalue weighted by molar-refractivity contribution is 0.102. The van der Waals surface area contributed by atoms with Gasteiger partial charge in [-0.25, -0.2) is 14.4 Å². The zero-order chi connectivity index (χ0) is 22.8. The maximum Gasteiger partial charge on any atom is 0.258 e. The molecule has 3 aromatic heterocycles. The molecule has 0 saturated heterocycles. The highest BCUT2D eigenvalue weighted by atomic mass is 32.1. The van der Waals surface area contributed by atoms with Gasteiger partial charge < -0.3 is 4.42 Å². The van der Waals surface area contributed by atoms with Crippen molar-refractivity contribution in [1.82, 2.24) is 15.0 Å². The summed E-state index contributed by atoms with van der Waals surface area (Å²) in [7, 11) is 0. The standard InChI is InChI=1S/C25H17FN4O2S/c1-15-22(20-12-6-7-13-27-20)33-25(29-15)30-23(31)16-8-2-3-9-17(16)24-28-14-21(32-24)18-10-4-5-11-19(18)26/h2-14H,1H3,(H,29,30,31). The number of oxazole rings is 1. The molecular formula is C25H17FN4O2S. The minimum absolute atomic E-state index is 0.225. The third-order valence-electron chi connectivity index (χ3n) is 4.96. The van der Waals surface area contributed by atoms with E-state index in [4.69, 9.17) is 4.42 Å². The van der Waals surface area contributed by atoms with Gasteiger partial charge in [-0.2, -0.15) is 0 Å². The van der Waals surface area contributed by atoms with Crippen molar-refractivity contribution >= 4 is 22.4 Å². The van der Waals surface area contributed by atoms with Crippen LogP contribution < -0.4 is 5.32 Å². The molecule has 0 atom stereocenters. The number of thiazole rings is 1. The number of hydrogen-bond donors (Lipinski definition) is 1. The van der Waals surface area contributed by atoms with Crippen LogP contribution >= 0.6 is 11.3 Å². The quantitative estimate of drug-likeness (QED) is 0.339. The molecule has 3 heterocycles. The summed E-state index contributed by atoms with van der Waals surface area (Å²) >= 11 is 1.35. The lowest BCUT2D eigenvalue weighted by Crippen LogP contribution is -2.13. The maximum absolute atomic E-state index is 14.1. The first-order valence-electron chi connectivity index (χ1n) is 10.1. The number of carbonyl (C=O) groups excluding carboxylic acids is 1. The van der Waals surface area contributed by atoms with Crippen LogP contribution in [0, 0.1) is 12.7 Å². The summed E-state index contributed by atoms with van der Waals surface area (Å²) in [6.07, 6.45) is 3.17. The van der Waals surface area contributed by atoms with Crippen molar-refractivity contribution in [1.29, 1.82) is 0 Å². The van der Waals surface area contributed by atoms with Gasteiger partial charge in [-0.05, 0) is 43.3 Å². The van der Waals surface area contributed by atoms with Gasteiger partial charge in [0.2, 0.25) is 5.89 Å². The van der Waals surface area contributed by atoms with E-state index in [1.807, 2.05) is 25.1 Å². The molecule has 0 aliphatic heterocycles. The van der Waals surface area contributed by atoms with Crippen molar-refractivity contribution in [2.45, 2.75) is 6.92 Å². The van der Waals surface area contributed by atoms with E-state index in [9.17, 15) is 9.18 Å². The lowest BCUT2D eigenvalue weighted by atomic mass is 10.1. The number of aryl methyl sites for hydroxylation is 1. The third-order valence-corrected chi connectivity index (χ3v) is 6.06. The lowest BCUT2D eigenvalue weighted by Gasteiger charge is -2.06. The predicted octanol–water partition coefficient (Wildman–Crippen LogP) is 6.23. The normalized spacial score (nSPS) is 10.8. The topological polar surface area (TPSA) is 80.9 Å². The number of nitrogens with one attached hydrogen (secondary N) is 1. The molecule has 5 aromatic rings. The first-order chi connectivity index (χ1) is 16.1. The van der Waals surface area contributed by atoms with Crippen LogP contribution in [0.4, 0.5) is 9.52 Å². The Morgan fingerprint density at radius 1 is 0.970 bits per heavy atom. The Bertz CT molecular complexity index is 1450. The Morgan fingerprint density at radius 3 is 2.52 bits per heavy atom. The Kier molecular flexibility index (Phi) is 5.50. The number of aromatic nitrogens is 3. The van der Waals surface area contributed by atoms with E-state index >= 15 is 0 Å². The molecule has 33 heavy (non-hydrogen) atoms. The summed E-state index contributed by atoms with van der Waals surface area (Å²) in [5, 5.41) is 3.32. The van der Waals surface area contributed by atoms with Crippen LogP contribution in [-0.4, -0.2) is 20.9 Å². The Hall–Kier alpha value is -4.17. The van der Waals surface area contributed by atoms with Gasteiger partial charge in [0.25, 0.3) is 5.91 Å². The first kappa shape index (κ1) is 20.7. The number of nitrogens with zero attached hydrogens (tertiary/aromatic N) is 3. The fourth-order valence-electron chi connectivity index (χ4n) is 3.40. The van der Waals surface area contributed by atoms with Gasteiger partial charge in [0.05, 0.1) is 33.6 Å². The average Bonchev–Trinajstić information content (AvgIpc) is 3.47. The van der Waals surface area contributed by atoms with Gasteiger partial charge in [-0.15, -0.1) is 0 Å². The van der Waals surface area contributed by atoms with Gasteiger partial charge in [-0.3, -0.25) is 15.1 Å². The molecule has 0 unspecified atom stereocenters. The molecule has 2 aromatic carbocycles. The van der Waals surface area contributed by atoms with Crippen molar-refractivity contribution in [3.63, 3.8) is 0 Å². The molecule has 0 saturated carbocycles. The minimum atomic E-state index is -0.408. The molecule has 0 aliphatic rings. The summed E-state index contributed by atoms with van der Waals surface area (Å²) in [4.78, 5) is 27.1. The van der Waals surface area contributed by atoms with Crippen molar-refractivity contribution in [2.24, 2.45) is 0 Å². The fraction of sp³-hybridized carbons (Fsp3) is 0.0400. The van der Waals surface area contributed by atoms with Crippen LogP contribution in [0.25, 0.3) is 33.3 Å². The summed E-state index contributed by atoms with van der Waals surface area (Å²) in [5.74, 6) is -0.246. The van der Waals surface area contributed by atoms with Crippen molar-refractivity contribution in [3.8, 4) is 33.3 Å². The van der Waals surface area contributed by atoms with E-state index < -0.39 is 5.82 Å². The number of rotatable bonds is 5. The fourth-order valence-corrected chi connectivity index (χ4v) is 4.34. The molecule has 6 nitrogen and oxygen atoms in total. The van der Waals surface area contributed by atoms with Gasteiger partial charge in [-0.1, -0.05) is 41.7 Å². The third kappa shape index (κ3) is 4.16. The second kappa shape index (κ2) is 8.76. The molecule has 0 bridgehead atoms. The van der Waals surface area contributed by atoms with Gasteiger partial charge in [0.15, 0.2) is 10.9 Å². The predicted molar refractivity (Wildman–Crippen MR) is 125 cm³/mol. The Labute approximate surface area is 192 Å². The molecule has 0 fully saturated rings. The molecule has 0 spiro atoms. The summed E-state index contributed by atoms with van der Waals surface area (Å²) in [6, 6.07) is 18.9. The van der Waals surface area contributed by atoms with Crippen LogP contribution in [0.1, 0.15) is 16.1 Å². The molecule has 162 valence electrons. The smallest absolute Gasteiger partial charge is 0.258 e. The van der Waals surface area contributed by atoms with Crippen molar-refractivity contribution in [3.05, 3.63) is 96.2 Å². The van der Waals surface area contributed by atoms with Crippen LogP contribution in [0.5, 0.6) is 0 Å². The summed E-state index contributed by atoms with van der Waals surface area (Å²) < 4.78 is 19.9. The van der Waals surface area contributed by atoms with E-state index in [2.05, 4.69) is 20.3 Å². The summed E-state index contributed by atoms with van der Waals surface area (Å²) in [6.45, 7) is 1.88. The second-order valence-corrected chi connectivity index (χ2v) is 8.16. The zero-order valence-electron chi connectivity index (χ0n) is 17.4. The Morgan fingerprint density at radius 2 is 1.73 bits per heavy atom. The molecular weight excluding hydrogens is 439 g/mol. The van der Waals surface area contributed by atoms with Gasteiger partial charge in [0.1, 0.15) is 5.82 Å². The van der Waals surface area contributed by atoms with Crippen molar-refractivity contribution < 1.29 is 13.6 Å². The number of amides is 1. The van der Waals surface area contributed by atoms with Crippen LogP contribution in [-0.2, 0) is 0 Å². The number of anilines is 1. The van der Waals surface area contributed by atoms with Crippen LogP contribution in [0.3, 0.4) is 0 Å². The maximum atomic E-state index is 14.1. The second-order valence-electron chi connectivity index (χ2n) is 7.16. The van der Waals surface area contributed by atoms with Crippen LogP contribution in [0.15, 0.2) is 83.5 Å². The largest absolute Gasteiger partial charge is 0.436 e. The first-order valence-corrected chi connectivity index (χ1v) is 10.9. The van der Waals surface area contributed by atoms with E-state index in [-0.39, 0.29) is 17.6 Å².